The lowest BCUT2D eigenvalue weighted by atomic mass is 9.93. The maximum Gasteiger partial charge on any atom is 0.419 e. The van der Waals surface area contributed by atoms with Crippen molar-refractivity contribution in [3.63, 3.8) is 0 Å². The fourth-order valence-electron chi connectivity index (χ4n) is 4.63. The topological polar surface area (TPSA) is 103 Å². The molecular formula is C31H29F3N2O6. The number of anilines is 2. The van der Waals surface area contributed by atoms with E-state index in [9.17, 15) is 27.6 Å². The minimum absolute atomic E-state index is 0.0417. The normalized spacial score (nSPS) is 12.8. The SMILES string of the molecule is COc1c(C)c2c(c(NC(=O)Nc3ccccc3)c1C/C=C(\C)CCC(=O)Oc1ccccc1C(F)(F)F)C(=O)OC2. The number of methoxy groups -OCH3 is 1. The Kier molecular flexibility index (Phi) is 9.19. The number of fused-ring (bicyclic) bond motifs is 1. The predicted octanol–water partition coefficient (Wildman–Crippen LogP) is 7.21. The molecule has 2 amide bonds. The van der Waals surface area contributed by atoms with Crippen LogP contribution in [0.2, 0.25) is 0 Å². The third-order valence-electron chi connectivity index (χ3n) is 6.74. The van der Waals surface area contributed by atoms with Gasteiger partial charge >= 0.3 is 24.1 Å². The van der Waals surface area contributed by atoms with E-state index in [0.717, 1.165) is 17.7 Å². The number of halogens is 3. The quantitative estimate of drug-likeness (QED) is 0.157. The molecule has 8 nitrogen and oxygen atoms in total. The zero-order chi connectivity index (χ0) is 30.4. The summed E-state index contributed by atoms with van der Waals surface area (Å²) < 4.78 is 55.6. The number of rotatable bonds is 9. The number of urea groups is 1. The van der Waals surface area contributed by atoms with Gasteiger partial charge in [-0.15, -0.1) is 0 Å². The molecule has 0 saturated carbocycles. The third-order valence-corrected chi connectivity index (χ3v) is 6.74. The van der Waals surface area contributed by atoms with Crippen molar-refractivity contribution < 1.29 is 41.8 Å². The lowest BCUT2D eigenvalue weighted by Gasteiger charge is -2.20. The fourth-order valence-corrected chi connectivity index (χ4v) is 4.63. The molecule has 0 bridgehead atoms. The standard InChI is InChI=1S/C31H29F3N2O6/c1-18(14-16-25(37)42-24-12-8-7-11-23(24)31(32,33)34)13-15-21-27(36-30(39)35-20-9-5-4-6-10-20)26-22(17-41-29(26)38)19(2)28(21)40-3/h4-13H,14-17H2,1-3H3,(H2,35,36,39)/b18-13+. The zero-order valence-electron chi connectivity index (χ0n) is 23.2. The summed E-state index contributed by atoms with van der Waals surface area (Å²) in [5.41, 5.74) is 2.57. The molecule has 0 radical (unpaired) electrons. The number of hydrogen-bond acceptors (Lipinski definition) is 6. The summed E-state index contributed by atoms with van der Waals surface area (Å²) in [6.07, 6.45) is -2.61. The Morgan fingerprint density at radius 3 is 2.40 bits per heavy atom. The number of carbonyl (C=O) groups excluding carboxylic acids is 3. The van der Waals surface area contributed by atoms with Crippen LogP contribution in [-0.4, -0.2) is 25.1 Å². The van der Waals surface area contributed by atoms with E-state index in [-0.39, 0.29) is 37.1 Å². The highest BCUT2D eigenvalue weighted by Gasteiger charge is 2.35. The van der Waals surface area contributed by atoms with Gasteiger partial charge in [0.05, 0.1) is 23.9 Å². The molecule has 11 heteroatoms. The highest BCUT2D eigenvalue weighted by molar-refractivity contribution is 6.08. The van der Waals surface area contributed by atoms with E-state index in [2.05, 4.69) is 10.6 Å². The number of alkyl halides is 3. The van der Waals surface area contributed by atoms with Gasteiger partial charge in [0.1, 0.15) is 18.1 Å². The molecule has 1 heterocycles. The molecule has 42 heavy (non-hydrogen) atoms. The molecule has 0 aromatic heterocycles. The van der Waals surface area contributed by atoms with Crippen molar-refractivity contribution in [3.05, 3.63) is 94.1 Å². The Morgan fingerprint density at radius 2 is 1.71 bits per heavy atom. The maximum absolute atomic E-state index is 13.2. The minimum atomic E-state index is -4.66. The first kappa shape index (κ1) is 30.2. The number of esters is 2. The van der Waals surface area contributed by atoms with E-state index >= 15 is 0 Å². The number of cyclic esters (lactones) is 1. The van der Waals surface area contributed by atoms with Gasteiger partial charge in [0, 0.05) is 23.2 Å². The number of benzene rings is 3. The summed E-state index contributed by atoms with van der Waals surface area (Å²) in [6.45, 7) is 3.59. The molecule has 0 atom stereocenters. The second kappa shape index (κ2) is 12.8. The third kappa shape index (κ3) is 6.91. The number of allylic oxidation sites excluding steroid dienone is 2. The highest BCUT2D eigenvalue weighted by atomic mass is 19.4. The first-order chi connectivity index (χ1) is 20.0. The van der Waals surface area contributed by atoms with Crippen molar-refractivity contribution in [3.8, 4) is 11.5 Å². The first-order valence-electron chi connectivity index (χ1n) is 13.0. The molecule has 4 rings (SSSR count). The number of carbonyl (C=O) groups is 3. The molecule has 0 saturated heterocycles. The Morgan fingerprint density at radius 1 is 1.02 bits per heavy atom. The highest BCUT2D eigenvalue weighted by Crippen LogP contribution is 2.41. The van der Waals surface area contributed by atoms with E-state index in [1.807, 2.05) is 6.07 Å². The van der Waals surface area contributed by atoms with Gasteiger partial charge < -0.3 is 24.8 Å². The Hall–Kier alpha value is -4.80. The van der Waals surface area contributed by atoms with Gasteiger partial charge in [-0.1, -0.05) is 42.0 Å². The van der Waals surface area contributed by atoms with E-state index in [0.29, 0.717) is 28.1 Å². The van der Waals surface area contributed by atoms with Gasteiger partial charge in [0.15, 0.2) is 0 Å². The Bertz CT molecular complexity index is 1530. The fraction of sp³-hybridized carbons (Fsp3) is 0.258. The first-order valence-corrected chi connectivity index (χ1v) is 13.0. The largest absolute Gasteiger partial charge is 0.496 e. The summed E-state index contributed by atoms with van der Waals surface area (Å²) in [5.74, 6) is -1.47. The number of hydrogen-bond donors (Lipinski definition) is 2. The molecule has 1 aliphatic heterocycles. The van der Waals surface area contributed by atoms with Crippen molar-refractivity contribution in [2.24, 2.45) is 0 Å². The van der Waals surface area contributed by atoms with Crippen molar-refractivity contribution in [2.45, 2.75) is 45.9 Å². The lowest BCUT2D eigenvalue weighted by Crippen LogP contribution is -2.22. The van der Waals surface area contributed by atoms with Gasteiger partial charge in [-0.3, -0.25) is 4.79 Å². The molecule has 3 aromatic carbocycles. The van der Waals surface area contributed by atoms with E-state index in [1.165, 1.54) is 19.2 Å². The van der Waals surface area contributed by atoms with Crippen LogP contribution in [0.4, 0.5) is 29.3 Å². The molecule has 1 aliphatic rings. The van der Waals surface area contributed by atoms with E-state index < -0.39 is 35.5 Å². The molecular weight excluding hydrogens is 553 g/mol. The van der Waals surface area contributed by atoms with Crippen molar-refractivity contribution in [2.75, 3.05) is 17.7 Å². The monoisotopic (exact) mass is 582 g/mol. The molecule has 2 N–H and O–H groups in total. The number of nitrogens with one attached hydrogen (secondary N) is 2. The van der Waals surface area contributed by atoms with Crippen LogP contribution in [0, 0.1) is 6.92 Å². The van der Waals surface area contributed by atoms with E-state index in [4.69, 9.17) is 14.2 Å². The summed E-state index contributed by atoms with van der Waals surface area (Å²) in [6, 6.07) is 12.7. The zero-order valence-corrected chi connectivity index (χ0v) is 23.2. The van der Waals surface area contributed by atoms with E-state index in [1.54, 1.807) is 44.2 Å². The van der Waals surface area contributed by atoms with Gasteiger partial charge in [-0.2, -0.15) is 13.2 Å². The molecule has 0 spiro atoms. The van der Waals surface area contributed by atoms with Crippen LogP contribution < -0.4 is 20.1 Å². The van der Waals surface area contributed by atoms with Crippen LogP contribution in [0.3, 0.4) is 0 Å². The Balaban J connectivity index is 1.54. The van der Waals surface area contributed by atoms with Crippen LogP contribution in [0.5, 0.6) is 11.5 Å². The summed E-state index contributed by atoms with van der Waals surface area (Å²) >= 11 is 0. The van der Waals surface area contributed by atoms with Crippen molar-refractivity contribution >= 4 is 29.3 Å². The average molecular weight is 583 g/mol. The number of ether oxygens (including phenoxy) is 3. The van der Waals surface area contributed by atoms with Crippen LogP contribution >= 0.6 is 0 Å². The lowest BCUT2D eigenvalue weighted by molar-refractivity contribution is -0.142. The maximum atomic E-state index is 13.2. The summed E-state index contributed by atoms with van der Waals surface area (Å²) in [7, 11) is 1.48. The van der Waals surface area contributed by atoms with Crippen LogP contribution in [0.15, 0.2) is 66.2 Å². The van der Waals surface area contributed by atoms with Crippen molar-refractivity contribution in [1.82, 2.24) is 0 Å². The molecule has 220 valence electrons. The number of para-hydroxylation sites is 2. The average Bonchev–Trinajstić information content (AvgIpc) is 3.34. The van der Waals surface area contributed by atoms with Crippen LogP contribution in [0.1, 0.15) is 52.4 Å². The van der Waals surface area contributed by atoms with Gasteiger partial charge in [-0.05, 0) is 56.5 Å². The Labute approximate surface area is 240 Å². The van der Waals surface area contributed by atoms with Gasteiger partial charge in [0.25, 0.3) is 0 Å². The van der Waals surface area contributed by atoms with Crippen molar-refractivity contribution in [1.29, 1.82) is 0 Å². The second-order valence-corrected chi connectivity index (χ2v) is 9.61. The summed E-state index contributed by atoms with van der Waals surface area (Å²) in [5, 5.41) is 5.51. The molecule has 3 aromatic rings. The van der Waals surface area contributed by atoms with Gasteiger partial charge in [-0.25, -0.2) is 9.59 Å². The second-order valence-electron chi connectivity index (χ2n) is 9.61. The smallest absolute Gasteiger partial charge is 0.419 e. The van der Waals surface area contributed by atoms with Crippen LogP contribution in [-0.2, 0) is 28.7 Å². The predicted molar refractivity (Wildman–Crippen MR) is 150 cm³/mol. The molecule has 0 aliphatic carbocycles. The van der Waals surface area contributed by atoms with Crippen LogP contribution in [0.25, 0.3) is 0 Å². The number of amides is 2. The minimum Gasteiger partial charge on any atom is -0.496 e. The molecule has 0 fully saturated rings. The molecule has 0 unspecified atom stereocenters. The van der Waals surface area contributed by atoms with Gasteiger partial charge in [0.2, 0.25) is 0 Å². The summed E-state index contributed by atoms with van der Waals surface area (Å²) in [4.78, 5) is 38.0.